The van der Waals surface area contributed by atoms with Crippen LogP contribution in [-0.2, 0) is 0 Å². The predicted molar refractivity (Wildman–Crippen MR) is 87.2 cm³/mol. The minimum absolute atomic E-state index is 0.144. The number of aromatic amines is 1. The molecule has 1 amide bonds. The molecule has 2 N–H and O–H groups in total. The fourth-order valence-electron chi connectivity index (χ4n) is 2.42. The van der Waals surface area contributed by atoms with Crippen LogP contribution in [0, 0.1) is 13.8 Å². The number of H-pyrrole nitrogens is 1. The van der Waals surface area contributed by atoms with Gasteiger partial charge in [-0.05, 0) is 49.2 Å². The van der Waals surface area contributed by atoms with Crippen LogP contribution in [0.4, 0.5) is 5.69 Å². The molecule has 0 aliphatic heterocycles. The second-order valence-corrected chi connectivity index (χ2v) is 5.52. The van der Waals surface area contributed by atoms with Gasteiger partial charge in [-0.1, -0.05) is 29.8 Å². The number of aromatic nitrogens is 1. The summed E-state index contributed by atoms with van der Waals surface area (Å²) in [5.41, 5.74) is 4.22. The maximum absolute atomic E-state index is 12.5. The van der Waals surface area contributed by atoms with Crippen LogP contribution in [0.3, 0.4) is 0 Å². The van der Waals surface area contributed by atoms with E-state index in [-0.39, 0.29) is 5.91 Å². The van der Waals surface area contributed by atoms with Crippen molar-refractivity contribution >= 4 is 34.1 Å². The summed E-state index contributed by atoms with van der Waals surface area (Å²) < 4.78 is 0. The minimum atomic E-state index is -0.144. The molecule has 0 aliphatic carbocycles. The molecule has 2 aromatic carbocycles. The SMILES string of the molecule is Cc1ccccc1NC(=O)c1[nH]c2ccc(Cl)cc2c1C. The highest BCUT2D eigenvalue weighted by Crippen LogP contribution is 2.25. The molecule has 3 rings (SSSR count). The zero-order valence-electron chi connectivity index (χ0n) is 11.8. The Kier molecular flexibility index (Phi) is 3.43. The first-order valence-electron chi connectivity index (χ1n) is 6.71. The van der Waals surface area contributed by atoms with Crippen LogP contribution in [0.1, 0.15) is 21.6 Å². The number of anilines is 1. The van der Waals surface area contributed by atoms with E-state index in [2.05, 4.69) is 10.3 Å². The molecule has 4 heteroatoms. The van der Waals surface area contributed by atoms with E-state index >= 15 is 0 Å². The van der Waals surface area contributed by atoms with E-state index in [1.54, 1.807) is 0 Å². The van der Waals surface area contributed by atoms with E-state index in [0.717, 1.165) is 27.7 Å². The van der Waals surface area contributed by atoms with Gasteiger partial charge in [0.05, 0.1) is 0 Å². The van der Waals surface area contributed by atoms with Crippen molar-refractivity contribution in [3.05, 3.63) is 64.3 Å². The lowest BCUT2D eigenvalue weighted by molar-refractivity contribution is 0.102. The van der Waals surface area contributed by atoms with Gasteiger partial charge in [0.25, 0.3) is 5.91 Å². The van der Waals surface area contributed by atoms with Crippen molar-refractivity contribution in [2.45, 2.75) is 13.8 Å². The van der Waals surface area contributed by atoms with Crippen LogP contribution >= 0.6 is 11.6 Å². The van der Waals surface area contributed by atoms with Crippen molar-refractivity contribution in [3.63, 3.8) is 0 Å². The van der Waals surface area contributed by atoms with Gasteiger partial charge < -0.3 is 10.3 Å². The number of carbonyl (C=O) groups excluding carboxylic acids is 1. The lowest BCUT2D eigenvalue weighted by Crippen LogP contribution is -2.14. The van der Waals surface area contributed by atoms with Crippen molar-refractivity contribution in [1.29, 1.82) is 0 Å². The Balaban J connectivity index is 1.99. The van der Waals surface area contributed by atoms with Crippen LogP contribution in [0.15, 0.2) is 42.5 Å². The van der Waals surface area contributed by atoms with Gasteiger partial charge in [-0.2, -0.15) is 0 Å². The number of carbonyl (C=O) groups is 1. The summed E-state index contributed by atoms with van der Waals surface area (Å²) in [6.07, 6.45) is 0. The molecular weight excluding hydrogens is 284 g/mol. The van der Waals surface area contributed by atoms with Crippen LogP contribution in [0.2, 0.25) is 5.02 Å². The Morgan fingerprint density at radius 2 is 1.90 bits per heavy atom. The molecule has 3 nitrogen and oxygen atoms in total. The summed E-state index contributed by atoms with van der Waals surface area (Å²) in [4.78, 5) is 15.6. The van der Waals surface area contributed by atoms with E-state index in [4.69, 9.17) is 11.6 Å². The first kappa shape index (κ1) is 13.7. The maximum atomic E-state index is 12.5. The summed E-state index contributed by atoms with van der Waals surface area (Å²) in [5.74, 6) is -0.144. The quantitative estimate of drug-likeness (QED) is 0.708. The average Bonchev–Trinajstić information content (AvgIpc) is 2.79. The standard InChI is InChI=1S/C17H15ClN2O/c1-10-5-3-4-6-14(10)20-17(21)16-11(2)13-9-12(18)7-8-15(13)19-16/h3-9,19H,1-2H3,(H,20,21). The fraction of sp³-hybridized carbons (Fsp3) is 0.118. The Morgan fingerprint density at radius 1 is 1.14 bits per heavy atom. The fourth-order valence-corrected chi connectivity index (χ4v) is 2.60. The lowest BCUT2D eigenvalue weighted by Gasteiger charge is -2.07. The van der Waals surface area contributed by atoms with Crippen molar-refractivity contribution < 1.29 is 4.79 Å². The number of nitrogens with one attached hydrogen (secondary N) is 2. The molecule has 0 spiro atoms. The topological polar surface area (TPSA) is 44.9 Å². The van der Waals surface area contributed by atoms with Crippen LogP contribution < -0.4 is 5.32 Å². The molecule has 0 bridgehead atoms. The van der Waals surface area contributed by atoms with Crippen LogP contribution in [0.5, 0.6) is 0 Å². The number of hydrogen-bond donors (Lipinski definition) is 2. The smallest absolute Gasteiger partial charge is 0.272 e. The van der Waals surface area contributed by atoms with Gasteiger partial charge in [0.2, 0.25) is 0 Å². The Hall–Kier alpha value is -2.26. The van der Waals surface area contributed by atoms with E-state index in [9.17, 15) is 4.79 Å². The molecule has 0 aliphatic rings. The van der Waals surface area contributed by atoms with Crippen molar-refractivity contribution in [2.24, 2.45) is 0 Å². The molecule has 0 fully saturated rings. The molecular formula is C17H15ClN2O. The summed E-state index contributed by atoms with van der Waals surface area (Å²) in [6.45, 7) is 3.88. The highest BCUT2D eigenvalue weighted by Gasteiger charge is 2.15. The normalized spacial score (nSPS) is 10.8. The van der Waals surface area contributed by atoms with E-state index in [1.807, 2.05) is 56.3 Å². The molecule has 0 radical (unpaired) electrons. The molecule has 106 valence electrons. The molecule has 3 aromatic rings. The van der Waals surface area contributed by atoms with Gasteiger partial charge >= 0.3 is 0 Å². The van der Waals surface area contributed by atoms with Gasteiger partial charge in [0.15, 0.2) is 0 Å². The third kappa shape index (κ3) is 2.52. The van der Waals surface area contributed by atoms with Gasteiger partial charge in [-0.3, -0.25) is 4.79 Å². The average molecular weight is 299 g/mol. The summed E-state index contributed by atoms with van der Waals surface area (Å²) in [6, 6.07) is 13.3. The number of aryl methyl sites for hydroxylation is 2. The zero-order chi connectivity index (χ0) is 15.0. The van der Waals surface area contributed by atoms with Crippen LogP contribution in [0.25, 0.3) is 10.9 Å². The molecule has 21 heavy (non-hydrogen) atoms. The molecule has 1 aromatic heterocycles. The van der Waals surface area contributed by atoms with Crippen molar-refractivity contribution in [2.75, 3.05) is 5.32 Å². The third-order valence-electron chi connectivity index (χ3n) is 3.64. The second kappa shape index (κ2) is 5.26. The monoisotopic (exact) mass is 298 g/mol. The first-order chi connectivity index (χ1) is 10.1. The Bertz CT molecular complexity index is 836. The number of halogens is 1. The van der Waals surface area contributed by atoms with E-state index < -0.39 is 0 Å². The molecule has 0 saturated heterocycles. The second-order valence-electron chi connectivity index (χ2n) is 5.08. The number of benzene rings is 2. The number of amides is 1. The number of para-hydroxylation sites is 1. The summed E-state index contributed by atoms with van der Waals surface area (Å²) in [5, 5.41) is 4.57. The van der Waals surface area contributed by atoms with E-state index in [0.29, 0.717) is 10.7 Å². The van der Waals surface area contributed by atoms with E-state index in [1.165, 1.54) is 0 Å². The van der Waals surface area contributed by atoms with Crippen molar-refractivity contribution in [3.8, 4) is 0 Å². The molecule has 1 heterocycles. The number of fused-ring (bicyclic) bond motifs is 1. The molecule has 0 saturated carbocycles. The first-order valence-corrected chi connectivity index (χ1v) is 7.09. The summed E-state index contributed by atoms with van der Waals surface area (Å²) >= 11 is 6.02. The zero-order valence-corrected chi connectivity index (χ0v) is 12.6. The van der Waals surface area contributed by atoms with Gasteiger partial charge in [0, 0.05) is 21.6 Å². The predicted octanol–water partition coefficient (Wildman–Crippen LogP) is 4.69. The molecule has 0 unspecified atom stereocenters. The van der Waals surface area contributed by atoms with Gasteiger partial charge in [0.1, 0.15) is 5.69 Å². The minimum Gasteiger partial charge on any atom is -0.350 e. The number of rotatable bonds is 2. The van der Waals surface area contributed by atoms with Gasteiger partial charge in [-0.15, -0.1) is 0 Å². The van der Waals surface area contributed by atoms with Crippen LogP contribution in [-0.4, -0.2) is 10.9 Å². The summed E-state index contributed by atoms with van der Waals surface area (Å²) in [7, 11) is 0. The lowest BCUT2D eigenvalue weighted by atomic mass is 10.1. The third-order valence-corrected chi connectivity index (χ3v) is 3.88. The Morgan fingerprint density at radius 3 is 2.67 bits per heavy atom. The highest BCUT2D eigenvalue weighted by atomic mass is 35.5. The number of hydrogen-bond acceptors (Lipinski definition) is 1. The van der Waals surface area contributed by atoms with Crippen molar-refractivity contribution in [1.82, 2.24) is 4.98 Å². The maximum Gasteiger partial charge on any atom is 0.272 e. The molecule has 0 atom stereocenters. The largest absolute Gasteiger partial charge is 0.350 e. The highest BCUT2D eigenvalue weighted by molar-refractivity contribution is 6.31. The Labute approximate surface area is 127 Å². The van der Waals surface area contributed by atoms with Gasteiger partial charge in [-0.25, -0.2) is 0 Å².